The number of benzene rings is 1. The van der Waals surface area contributed by atoms with Crippen molar-refractivity contribution >= 4 is 5.82 Å². The minimum atomic E-state index is -4.76. The first-order valence-electron chi connectivity index (χ1n) is 8.87. The first-order chi connectivity index (χ1) is 14.6. The smallest absolute Gasteiger partial charge is 0.487 e. The van der Waals surface area contributed by atoms with Gasteiger partial charge in [0, 0.05) is 4.98 Å². The Morgan fingerprint density at radius 2 is 1.97 bits per heavy atom. The van der Waals surface area contributed by atoms with E-state index in [4.69, 9.17) is 9.47 Å². The normalized spacial score (nSPS) is 17.8. The van der Waals surface area contributed by atoms with Crippen LogP contribution in [0.3, 0.4) is 0 Å². The molecule has 0 bridgehead atoms. The van der Waals surface area contributed by atoms with Crippen molar-refractivity contribution < 1.29 is 32.3 Å². The van der Waals surface area contributed by atoms with Crippen LogP contribution in [0.2, 0.25) is 0 Å². The summed E-state index contributed by atoms with van der Waals surface area (Å²) in [5.41, 5.74) is -0.233. The van der Waals surface area contributed by atoms with Crippen LogP contribution in [-0.2, 0) is 19.7 Å². The maximum atomic E-state index is 12.2. The SMILES string of the molecule is C[C@]1(Cn2cc(COc3ccc(OC(F)(F)F)cc3)nn2)Cn2cc([N+](=O)[O-])nc2O1. The molecule has 0 aliphatic carbocycles. The molecule has 3 heterocycles. The first-order valence-corrected chi connectivity index (χ1v) is 8.87. The van der Waals surface area contributed by atoms with E-state index < -0.39 is 16.9 Å². The molecule has 0 N–H and O–H groups in total. The molecular weight excluding hydrogens is 425 g/mol. The highest BCUT2D eigenvalue weighted by atomic mass is 19.4. The summed E-state index contributed by atoms with van der Waals surface area (Å²) in [6.45, 7) is 2.52. The standard InChI is InChI=1S/C17H15F3N6O5/c1-16(9-24-7-14(26(27)28)21-15(24)31-16)10-25-6-11(22-23-25)8-29-12-2-4-13(5-3-12)30-17(18,19)20/h2-7H,8-10H2,1H3/t16-/m1/s1. The summed E-state index contributed by atoms with van der Waals surface area (Å²) < 4.78 is 54.7. The number of ether oxygens (including phenoxy) is 3. The summed E-state index contributed by atoms with van der Waals surface area (Å²) in [5, 5.41) is 18.8. The summed E-state index contributed by atoms with van der Waals surface area (Å²) in [6.07, 6.45) is -1.81. The summed E-state index contributed by atoms with van der Waals surface area (Å²) in [7, 11) is 0. The molecular formula is C17H15F3N6O5. The van der Waals surface area contributed by atoms with Crippen LogP contribution in [-0.4, -0.2) is 41.4 Å². The van der Waals surface area contributed by atoms with E-state index in [1.165, 1.54) is 18.3 Å². The summed E-state index contributed by atoms with van der Waals surface area (Å²) in [5.74, 6) is -0.293. The number of halogens is 3. The number of rotatable bonds is 7. The van der Waals surface area contributed by atoms with Crippen molar-refractivity contribution in [3.63, 3.8) is 0 Å². The second kappa shape index (κ2) is 7.45. The molecule has 1 aliphatic heterocycles. The molecule has 1 atom stereocenters. The molecule has 31 heavy (non-hydrogen) atoms. The molecule has 14 heteroatoms. The molecule has 0 spiro atoms. The third kappa shape index (κ3) is 4.84. The van der Waals surface area contributed by atoms with Crippen LogP contribution in [0.15, 0.2) is 36.7 Å². The van der Waals surface area contributed by atoms with E-state index in [0.717, 1.165) is 12.1 Å². The molecule has 0 unspecified atom stereocenters. The molecule has 11 nitrogen and oxygen atoms in total. The number of nitro groups is 1. The van der Waals surface area contributed by atoms with Gasteiger partial charge >= 0.3 is 18.2 Å². The zero-order valence-electron chi connectivity index (χ0n) is 15.9. The van der Waals surface area contributed by atoms with Gasteiger partial charge in [-0.25, -0.2) is 4.68 Å². The number of imidazole rings is 1. The summed E-state index contributed by atoms with van der Waals surface area (Å²) in [6, 6.07) is 5.15. The lowest BCUT2D eigenvalue weighted by molar-refractivity contribution is -0.389. The van der Waals surface area contributed by atoms with Gasteiger partial charge in [0.2, 0.25) is 0 Å². The van der Waals surface area contributed by atoms with Crippen LogP contribution < -0.4 is 14.2 Å². The average Bonchev–Trinajstić information content (AvgIpc) is 3.33. The molecule has 1 aliphatic rings. The Morgan fingerprint density at radius 1 is 1.26 bits per heavy atom. The average molecular weight is 440 g/mol. The molecule has 0 saturated carbocycles. The largest absolute Gasteiger partial charge is 0.573 e. The number of hydrogen-bond donors (Lipinski definition) is 0. The molecule has 0 saturated heterocycles. The maximum Gasteiger partial charge on any atom is 0.573 e. The Hall–Kier alpha value is -3.84. The van der Waals surface area contributed by atoms with Gasteiger partial charge in [-0.1, -0.05) is 5.21 Å². The summed E-state index contributed by atoms with van der Waals surface area (Å²) >= 11 is 0. The van der Waals surface area contributed by atoms with Crippen LogP contribution >= 0.6 is 0 Å². The van der Waals surface area contributed by atoms with E-state index in [2.05, 4.69) is 20.0 Å². The van der Waals surface area contributed by atoms with Crippen LogP contribution in [0.1, 0.15) is 12.6 Å². The van der Waals surface area contributed by atoms with E-state index in [1.807, 2.05) is 6.92 Å². The highest BCUT2D eigenvalue weighted by Gasteiger charge is 2.41. The second-order valence-electron chi connectivity index (χ2n) is 7.03. The lowest BCUT2D eigenvalue weighted by Crippen LogP contribution is -2.36. The van der Waals surface area contributed by atoms with Gasteiger partial charge in [0.05, 0.1) is 19.3 Å². The molecule has 4 rings (SSSR count). The van der Waals surface area contributed by atoms with Crippen LogP contribution in [0.4, 0.5) is 19.0 Å². The topological polar surface area (TPSA) is 119 Å². The van der Waals surface area contributed by atoms with Gasteiger partial charge in [0.25, 0.3) is 0 Å². The summed E-state index contributed by atoms with van der Waals surface area (Å²) in [4.78, 5) is 14.0. The van der Waals surface area contributed by atoms with Crippen molar-refractivity contribution in [3.05, 3.63) is 52.5 Å². The van der Waals surface area contributed by atoms with Gasteiger partial charge in [-0.15, -0.1) is 18.3 Å². The van der Waals surface area contributed by atoms with Gasteiger partial charge in [0.15, 0.2) is 0 Å². The van der Waals surface area contributed by atoms with Gasteiger partial charge in [0.1, 0.15) is 35.6 Å². The molecule has 164 valence electrons. The van der Waals surface area contributed by atoms with Crippen LogP contribution in [0.25, 0.3) is 0 Å². The number of fused-ring (bicyclic) bond motifs is 1. The van der Waals surface area contributed by atoms with Crippen molar-refractivity contribution in [1.82, 2.24) is 24.5 Å². The number of nitrogens with zero attached hydrogens (tertiary/aromatic N) is 6. The zero-order chi connectivity index (χ0) is 22.2. The zero-order valence-corrected chi connectivity index (χ0v) is 15.9. The molecule has 2 aromatic heterocycles. The number of alkyl halides is 3. The van der Waals surface area contributed by atoms with Crippen molar-refractivity contribution in [2.45, 2.75) is 38.6 Å². The van der Waals surface area contributed by atoms with E-state index in [0.29, 0.717) is 24.5 Å². The fraction of sp³-hybridized carbons (Fsp3) is 0.353. The van der Waals surface area contributed by atoms with Crippen molar-refractivity contribution in [1.29, 1.82) is 0 Å². The first kappa shape index (κ1) is 20.4. The number of hydrogen-bond acceptors (Lipinski definition) is 8. The minimum absolute atomic E-state index is 0.0464. The monoisotopic (exact) mass is 440 g/mol. The van der Waals surface area contributed by atoms with E-state index in [1.54, 1.807) is 15.4 Å². The van der Waals surface area contributed by atoms with Crippen LogP contribution in [0, 0.1) is 10.1 Å². The quantitative estimate of drug-likeness (QED) is 0.406. The fourth-order valence-electron chi connectivity index (χ4n) is 3.08. The van der Waals surface area contributed by atoms with Gasteiger partial charge < -0.3 is 24.3 Å². The van der Waals surface area contributed by atoms with E-state index in [9.17, 15) is 23.3 Å². The van der Waals surface area contributed by atoms with Gasteiger partial charge in [-0.05, 0) is 36.1 Å². The van der Waals surface area contributed by atoms with E-state index in [-0.39, 0.29) is 24.2 Å². The number of aromatic nitrogens is 5. The van der Waals surface area contributed by atoms with Gasteiger partial charge in [-0.2, -0.15) is 0 Å². The van der Waals surface area contributed by atoms with E-state index >= 15 is 0 Å². The Morgan fingerprint density at radius 3 is 2.61 bits per heavy atom. The third-order valence-corrected chi connectivity index (χ3v) is 4.28. The van der Waals surface area contributed by atoms with Crippen molar-refractivity contribution in [2.75, 3.05) is 0 Å². The van der Waals surface area contributed by atoms with Crippen molar-refractivity contribution in [3.8, 4) is 17.5 Å². The Labute approximate surface area is 172 Å². The lowest BCUT2D eigenvalue weighted by Gasteiger charge is -2.21. The van der Waals surface area contributed by atoms with Gasteiger partial charge in [-0.3, -0.25) is 4.57 Å². The minimum Gasteiger partial charge on any atom is -0.487 e. The lowest BCUT2D eigenvalue weighted by atomic mass is 10.1. The maximum absolute atomic E-state index is 12.2. The molecule has 1 aromatic carbocycles. The Bertz CT molecular complexity index is 1070. The molecule has 3 aromatic rings. The highest BCUT2D eigenvalue weighted by Crippen LogP contribution is 2.32. The van der Waals surface area contributed by atoms with Crippen LogP contribution in [0.5, 0.6) is 17.5 Å². The molecule has 0 amide bonds. The Balaban J connectivity index is 1.31. The van der Waals surface area contributed by atoms with Crippen molar-refractivity contribution in [2.24, 2.45) is 0 Å². The predicted molar refractivity (Wildman–Crippen MR) is 95.4 cm³/mol. The third-order valence-electron chi connectivity index (χ3n) is 4.28. The molecule has 0 fully saturated rings. The highest BCUT2D eigenvalue weighted by molar-refractivity contribution is 5.31. The fourth-order valence-corrected chi connectivity index (χ4v) is 3.08. The Kier molecular flexibility index (Phi) is 4.91. The predicted octanol–water partition coefficient (Wildman–Crippen LogP) is 2.71. The molecule has 0 radical (unpaired) electrons. The second-order valence-corrected chi connectivity index (χ2v) is 7.03.